The van der Waals surface area contributed by atoms with Crippen molar-refractivity contribution in [3.05, 3.63) is 94.5 Å². The number of amides is 2. The summed E-state index contributed by atoms with van der Waals surface area (Å²) in [6.45, 7) is 3.65. The third-order valence-electron chi connectivity index (χ3n) is 5.97. The molecule has 7 nitrogen and oxygen atoms in total. The van der Waals surface area contributed by atoms with Crippen molar-refractivity contribution in [2.75, 3.05) is 19.0 Å². The molecule has 1 aromatic heterocycles. The van der Waals surface area contributed by atoms with Gasteiger partial charge >= 0.3 is 0 Å². The number of carbonyl (C=O) groups excluding carboxylic acids is 2. The third kappa shape index (κ3) is 6.54. The first kappa shape index (κ1) is 27.2. The van der Waals surface area contributed by atoms with E-state index in [1.165, 1.54) is 0 Å². The van der Waals surface area contributed by atoms with E-state index >= 15 is 0 Å². The Morgan fingerprint density at radius 1 is 0.974 bits per heavy atom. The first-order chi connectivity index (χ1) is 18.2. The Kier molecular flexibility index (Phi) is 8.71. The maximum atomic E-state index is 13.2. The fourth-order valence-electron chi connectivity index (χ4n) is 3.95. The van der Waals surface area contributed by atoms with Crippen LogP contribution in [0.15, 0.2) is 78.9 Å². The summed E-state index contributed by atoms with van der Waals surface area (Å²) in [7, 11) is 1.59. The molecule has 0 aliphatic carbocycles. The van der Waals surface area contributed by atoms with E-state index in [2.05, 4.69) is 5.32 Å². The quantitative estimate of drug-likeness (QED) is 0.266. The van der Waals surface area contributed by atoms with Crippen LogP contribution >= 0.6 is 23.2 Å². The summed E-state index contributed by atoms with van der Waals surface area (Å²) >= 11 is 12.4. The number of anilines is 1. The minimum absolute atomic E-state index is 0.111. The van der Waals surface area contributed by atoms with E-state index in [9.17, 15) is 9.59 Å². The predicted molar refractivity (Wildman–Crippen MR) is 151 cm³/mol. The molecule has 0 saturated carbocycles. The van der Waals surface area contributed by atoms with E-state index in [1.807, 2.05) is 68.4 Å². The molecule has 0 unspecified atom stereocenters. The second kappa shape index (κ2) is 12.2. The highest BCUT2D eigenvalue weighted by Crippen LogP contribution is 2.29. The van der Waals surface area contributed by atoms with Crippen molar-refractivity contribution in [3.63, 3.8) is 0 Å². The van der Waals surface area contributed by atoms with Gasteiger partial charge in [0.05, 0.1) is 35.0 Å². The number of hydrogen-bond donors (Lipinski definition) is 1. The first-order valence-corrected chi connectivity index (χ1v) is 12.8. The summed E-state index contributed by atoms with van der Waals surface area (Å²) in [6.07, 6.45) is 0.175. The fraction of sp³-hybridized carbons (Fsp3) is 0.207. The number of aromatic nitrogens is 2. The average molecular weight is 551 g/mol. The zero-order valence-electron chi connectivity index (χ0n) is 21.3. The highest BCUT2D eigenvalue weighted by Gasteiger charge is 2.22. The molecule has 0 aliphatic rings. The van der Waals surface area contributed by atoms with Gasteiger partial charge in [0.1, 0.15) is 18.1 Å². The number of carbonyl (C=O) groups is 2. The molecule has 0 spiro atoms. The molecule has 0 saturated heterocycles. The molecule has 1 N–H and O–H groups in total. The lowest BCUT2D eigenvalue weighted by atomic mass is 10.1. The van der Waals surface area contributed by atoms with Crippen LogP contribution in [-0.4, -0.2) is 46.2 Å². The molecule has 0 fully saturated rings. The molecule has 0 radical (unpaired) electrons. The molecule has 0 aliphatic heterocycles. The molecule has 3 aromatic carbocycles. The summed E-state index contributed by atoms with van der Waals surface area (Å²) in [6, 6.07) is 23.7. The minimum atomic E-state index is -0.345. The van der Waals surface area contributed by atoms with E-state index in [-0.39, 0.29) is 30.8 Å². The van der Waals surface area contributed by atoms with Crippen LogP contribution in [0.4, 0.5) is 5.82 Å². The number of halogens is 2. The Morgan fingerprint density at radius 2 is 1.68 bits per heavy atom. The molecule has 196 valence electrons. The molecule has 2 amide bonds. The van der Waals surface area contributed by atoms with Crippen LogP contribution in [0.25, 0.3) is 16.9 Å². The summed E-state index contributed by atoms with van der Waals surface area (Å²) in [5.74, 6) is 0.666. The average Bonchev–Trinajstić information content (AvgIpc) is 3.33. The Hall–Kier alpha value is -3.81. The number of rotatable bonds is 9. The van der Waals surface area contributed by atoms with Crippen LogP contribution in [0, 0.1) is 0 Å². The highest BCUT2D eigenvalue weighted by molar-refractivity contribution is 6.42. The number of hydrogen-bond acceptors (Lipinski definition) is 4. The van der Waals surface area contributed by atoms with Crippen molar-refractivity contribution in [1.82, 2.24) is 14.7 Å². The van der Waals surface area contributed by atoms with Crippen LogP contribution in [0.2, 0.25) is 10.0 Å². The van der Waals surface area contributed by atoms with Crippen LogP contribution in [0.5, 0.6) is 5.75 Å². The van der Waals surface area contributed by atoms with E-state index in [0.717, 1.165) is 16.9 Å². The smallest absolute Gasteiger partial charge is 0.245 e. The van der Waals surface area contributed by atoms with Gasteiger partial charge in [-0.05, 0) is 49.7 Å². The summed E-state index contributed by atoms with van der Waals surface area (Å²) in [4.78, 5) is 27.9. The summed E-state index contributed by atoms with van der Waals surface area (Å²) in [5, 5.41) is 8.42. The lowest BCUT2D eigenvalue weighted by molar-refractivity contribution is -0.135. The molecular formula is C29H28Cl2N4O3. The van der Waals surface area contributed by atoms with E-state index < -0.39 is 0 Å². The number of nitrogens with one attached hydrogen (secondary N) is 1. The van der Waals surface area contributed by atoms with Crippen molar-refractivity contribution >= 4 is 40.8 Å². The van der Waals surface area contributed by atoms with Gasteiger partial charge in [0, 0.05) is 17.7 Å². The van der Waals surface area contributed by atoms with Gasteiger partial charge < -0.3 is 15.0 Å². The van der Waals surface area contributed by atoms with Gasteiger partial charge in [-0.25, -0.2) is 4.68 Å². The van der Waals surface area contributed by atoms with E-state index in [0.29, 0.717) is 27.2 Å². The van der Waals surface area contributed by atoms with Gasteiger partial charge in [-0.3, -0.25) is 9.59 Å². The van der Waals surface area contributed by atoms with Gasteiger partial charge in [-0.1, -0.05) is 65.7 Å². The number of methoxy groups -OCH3 is 1. The topological polar surface area (TPSA) is 76.5 Å². The highest BCUT2D eigenvalue weighted by atomic mass is 35.5. The standard InChI is InChI=1S/C29H28Cl2N4O3/c1-19(2)34(29(37)15-20-9-12-23(38-3)13-10-20)18-28(36)32-27-17-26(21-7-5-4-6-8-21)33-35(27)22-11-14-24(30)25(31)16-22/h4-14,16-17,19H,15,18H2,1-3H3,(H,32,36). The van der Waals surface area contributed by atoms with Gasteiger partial charge in [-0.2, -0.15) is 5.10 Å². The van der Waals surface area contributed by atoms with Crippen LogP contribution < -0.4 is 10.1 Å². The Bertz CT molecular complexity index is 1420. The minimum Gasteiger partial charge on any atom is -0.497 e. The molecule has 4 rings (SSSR count). The molecular weight excluding hydrogens is 523 g/mol. The zero-order valence-corrected chi connectivity index (χ0v) is 22.8. The monoisotopic (exact) mass is 550 g/mol. The van der Waals surface area contributed by atoms with Crippen molar-refractivity contribution in [2.45, 2.75) is 26.3 Å². The Labute approximate surface area is 231 Å². The van der Waals surface area contributed by atoms with Crippen LogP contribution in [0.3, 0.4) is 0 Å². The predicted octanol–water partition coefficient (Wildman–Crippen LogP) is 6.27. The maximum absolute atomic E-state index is 13.2. The molecule has 0 bridgehead atoms. The zero-order chi connectivity index (χ0) is 27.2. The van der Waals surface area contributed by atoms with Crippen LogP contribution in [-0.2, 0) is 16.0 Å². The second-order valence-corrected chi connectivity index (χ2v) is 9.79. The van der Waals surface area contributed by atoms with Gasteiger partial charge in [0.25, 0.3) is 0 Å². The Balaban J connectivity index is 1.56. The summed E-state index contributed by atoms with van der Waals surface area (Å²) in [5.41, 5.74) is 3.03. The van der Waals surface area contributed by atoms with Gasteiger partial charge in [-0.15, -0.1) is 0 Å². The van der Waals surface area contributed by atoms with Crippen molar-refractivity contribution < 1.29 is 14.3 Å². The molecule has 0 atom stereocenters. The van der Waals surface area contributed by atoms with Crippen molar-refractivity contribution in [1.29, 1.82) is 0 Å². The Morgan fingerprint density at radius 3 is 2.32 bits per heavy atom. The second-order valence-electron chi connectivity index (χ2n) is 8.98. The normalized spacial score (nSPS) is 10.9. The van der Waals surface area contributed by atoms with Crippen LogP contribution in [0.1, 0.15) is 19.4 Å². The number of benzene rings is 3. The molecule has 4 aromatic rings. The van der Waals surface area contributed by atoms with Gasteiger partial charge in [0.2, 0.25) is 11.8 Å². The van der Waals surface area contributed by atoms with Crippen molar-refractivity contribution in [2.24, 2.45) is 0 Å². The van der Waals surface area contributed by atoms with Gasteiger partial charge in [0.15, 0.2) is 0 Å². The van der Waals surface area contributed by atoms with Crippen molar-refractivity contribution in [3.8, 4) is 22.7 Å². The number of ether oxygens (including phenoxy) is 1. The maximum Gasteiger partial charge on any atom is 0.245 e. The third-order valence-corrected chi connectivity index (χ3v) is 6.71. The summed E-state index contributed by atoms with van der Waals surface area (Å²) < 4.78 is 6.78. The fourth-order valence-corrected chi connectivity index (χ4v) is 4.24. The lowest BCUT2D eigenvalue weighted by Gasteiger charge is -2.26. The first-order valence-electron chi connectivity index (χ1n) is 12.1. The molecule has 9 heteroatoms. The largest absolute Gasteiger partial charge is 0.497 e. The molecule has 1 heterocycles. The lowest BCUT2D eigenvalue weighted by Crippen LogP contribution is -2.43. The molecule has 38 heavy (non-hydrogen) atoms. The SMILES string of the molecule is COc1ccc(CC(=O)N(CC(=O)Nc2cc(-c3ccccc3)nn2-c2ccc(Cl)c(Cl)c2)C(C)C)cc1. The van der Waals surface area contributed by atoms with E-state index in [4.69, 9.17) is 33.0 Å². The van der Waals surface area contributed by atoms with E-state index in [1.54, 1.807) is 41.0 Å². The number of nitrogens with zero attached hydrogens (tertiary/aromatic N) is 3.